The van der Waals surface area contributed by atoms with Crippen molar-refractivity contribution in [2.45, 2.75) is 13.1 Å². The number of fused-ring (bicyclic) bond motifs is 1. The number of aryl methyl sites for hydroxylation is 1. The van der Waals surface area contributed by atoms with Gasteiger partial charge in [-0.3, -0.25) is 29.0 Å². The summed E-state index contributed by atoms with van der Waals surface area (Å²) in [5, 5.41) is 22.5. The van der Waals surface area contributed by atoms with Crippen molar-refractivity contribution in [1.29, 1.82) is 0 Å². The molecule has 0 atom stereocenters. The van der Waals surface area contributed by atoms with Gasteiger partial charge in [-0.2, -0.15) is 10.2 Å². The summed E-state index contributed by atoms with van der Waals surface area (Å²) in [4.78, 5) is 40.3. The summed E-state index contributed by atoms with van der Waals surface area (Å²) in [6.07, 6.45) is 2.82. The van der Waals surface area contributed by atoms with Gasteiger partial charge in [-0.05, 0) is 35.9 Å². The lowest BCUT2D eigenvalue weighted by Gasteiger charge is -2.08. The summed E-state index contributed by atoms with van der Waals surface area (Å²) in [6.45, 7) is 0.697. The summed E-state index contributed by atoms with van der Waals surface area (Å²) in [6, 6.07) is 13.4. The molecule has 5 aromatic rings. The fourth-order valence-electron chi connectivity index (χ4n) is 4.00. The Bertz CT molecular complexity index is 1700. The predicted molar refractivity (Wildman–Crippen MR) is 135 cm³/mol. The number of nitro benzene ring substituents is 1. The molecule has 1 amide bonds. The molecule has 1 N–H and O–H groups in total. The minimum Gasteiger partial charge on any atom is -0.349 e. The maximum Gasteiger partial charge on any atom is 0.269 e. The maximum absolute atomic E-state index is 13.2. The van der Waals surface area contributed by atoms with E-state index in [1.807, 2.05) is 0 Å². The number of nitro groups is 1. The molecule has 2 aromatic carbocycles. The van der Waals surface area contributed by atoms with Crippen LogP contribution in [-0.4, -0.2) is 46.5 Å². The number of carbonyl (C=O) groups excluding carboxylic acids is 1. The lowest BCUT2D eigenvalue weighted by molar-refractivity contribution is -0.384. The van der Waals surface area contributed by atoms with Crippen molar-refractivity contribution in [2.24, 2.45) is 7.05 Å². The Balaban J connectivity index is 1.24. The van der Waals surface area contributed by atoms with Crippen molar-refractivity contribution in [3.63, 3.8) is 0 Å². The fraction of sp³-hybridized carbons (Fsp3) is 0.160. The van der Waals surface area contributed by atoms with Gasteiger partial charge < -0.3 is 5.32 Å². The van der Waals surface area contributed by atoms with Crippen LogP contribution in [0.4, 0.5) is 10.1 Å². The van der Waals surface area contributed by atoms with Crippen LogP contribution in [0.5, 0.6) is 0 Å². The van der Waals surface area contributed by atoms with Crippen molar-refractivity contribution < 1.29 is 14.1 Å². The smallest absolute Gasteiger partial charge is 0.269 e. The number of carbonyl (C=O) groups is 1. The van der Waals surface area contributed by atoms with Crippen molar-refractivity contribution >= 4 is 22.6 Å². The third-order valence-corrected chi connectivity index (χ3v) is 5.98. The largest absolute Gasteiger partial charge is 0.349 e. The Kier molecular flexibility index (Phi) is 6.47. The van der Waals surface area contributed by atoms with E-state index < -0.39 is 4.92 Å². The van der Waals surface area contributed by atoms with E-state index >= 15 is 0 Å². The van der Waals surface area contributed by atoms with Gasteiger partial charge in [0.1, 0.15) is 23.2 Å². The molecule has 38 heavy (non-hydrogen) atoms. The van der Waals surface area contributed by atoms with E-state index in [2.05, 4.69) is 20.5 Å². The summed E-state index contributed by atoms with van der Waals surface area (Å²) in [5.41, 5.74) is 2.34. The Morgan fingerprint density at radius 3 is 2.58 bits per heavy atom. The molecule has 0 unspecified atom stereocenters. The van der Waals surface area contributed by atoms with Gasteiger partial charge in [0.2, 0.25) is 0 Å². The molecule has 5 rings (SSSR count). The van der Waals surface area contributed by atoms with Crippen LogP contribution in [-0.2, 0) is 20.1 Å². The highest BCUT2D eigenvalue weighted by molar-refractivity contribution is 5.93. The molecule has 12 nitrogen and oxygen atoms in total. The van der Waals surface area contributed by atoms with Crippen molar-refractivity contribution in [1.82, 2.24) is 34.4 Å². The standard InChI is InChI=1S/C25H21FN8O4/c1-31-22(12-21(30-31)17-4-6-18(26)7-5-17)24(35)27-10-11-33-23-20(13-29-33)25(36)32(15-28-23)14-16-2-8-19(9-3-16)34(37)38/h2-9,12-13,15H,10-11,14H2,1H3,(H,27,35). The lowest BCUT2D eigenvalue weighted by atomic mass is 10.1. The number of nitrogens with zero attached hydrogens (tertiary/aromatic N) is 7. The molecule has 192 valence electrons. The normalized spacial score (nSPS) is 11.1. The van der Waals surface area contributed by atoms with Gasteiger partial charge in [-0.25, -0.2) is 14.1 Å². The second-order valence-electron chi connectivity index (χ2n) is 8.51. The monoisotopic (exact) mass is 516 g/mol. The van der Waals surface area contributed by atoms with Gasteiger partial charge in [0.25, 0.3) is 17.2 Å². The molecule has 3 aromatic heterocycles. The minimum atomic E-state index is -0.484. The van der Waals surface area contributed by atoms with Crippen LogP contribution < -0.4 is 10.9 Å². The van der Waals surface area contributed by atoms with Gasteiger partial charge in [0.15, 0.2) is 5.65 Å². The second kappa shape index (κ2) is 10.0. The van der Waals surface area contributed by atoms with Gasteiger partial charge >= 0.3 is 0 Å². The number of rotatable bonds is 8. The number of aromatic nitrogens is 6. The average molecular weight is 516 g/mol. The Morgan fingerprint density at radius 1 is 1.13 bits per heavy atom. The quantitative estimate of drug-likeness (QED) is 0.247. The molecule has 0 aliphatic heterocycles. The first kappa shape index (κ1) is 24.5. The zero-order valence-electron chi connectivity index (χ0n) is 20.1. The van der Waals surface area contributed by atoms with Gasteiger partial charge in [0.05, 0.1) is 29.9 Å². The highest BCUT2D eigenvalue weighted by atomic mass is 19.1. The van der Waals surface area contributed by atoms with E-state index in [-0.39, 0.29) is 42.6 Å². The summed E-state index contributed by atoms with van der Waals surface area (Å²) >= 11 is 0. The van der Waals surface area contributed by atoms with Crippen LogP contribution in [0.1, 0.15) is 16.1 Å². The summed E-state index contributed by atoms with van der Waals surface area (Å²) in [5.74, 6) is -0.699. The zero-order valence-corrected chi connectivity index (χ0v) is 20.1. The SMILES string of the molecule is Cn1nc(-c2ccc(F)cc2)cc1C(=O)NCCn1ncc2c(=O)n(Cc3ccc([N+](=O)[O-])cc3)cnc21. The van der Waals surface area contributed by atoms with Crippen molar-refractivity contribution in [3.05, 3.63) is 105 Å². The first-order valence-electron chi connectivity index (χ1n) is 11.5. The van der Waals surface area contributed by atoms with E-state index in [4.69, 9.17) is 0 Å². The van der Waals surface area contributed by atoms with Crippen molar-refractivity contribution in [3.8, 4) is 11.3 Å². The third kappa shape index (κ3) is 4.89. The second-order valence-corrected chi connectivity index (χ2v) is 8.51. The number of non-ortho nitro benzene ring substituents is 1. The number of hydrogen-bond donors (Lipinski definition) is 1. The van der Waals surface area contributed by atoms with E-state index in [9.17, 15) is 24.1 Å². The predicted octanol–water partition coefficient (Wildman–Crippen LogP) is 2.52. The topological polar surface area (TPSA) is 143 Å². The van der Waals surface area contributed by atoms with Crippen LogP contribution in [0, 0.1) is 15.9 Å². The zero-order chi connectivity index (χ0) is 26.8. The van der Waals surface area contributed by atoms with E-state index in [0.29, 0.717) is 33.5 Å². The van der Waals surface area contributed by atoms with E-state index in [1.165, 1.54) is 50.7 Å². The summed E-state index contributed by atoms with van der Waals surface area (Å²) < 4.78 is 17.6. The molecular formula is C25H21FN8O4. The van der Waals surface area contributed by atoms with Crippen LogP contribution in [0.15, 0.2) is 71.9 Å². The molecule has 0 aliphatic carbocycles. The third-order valence-electron chi connectivity index (χ3n) is 5.98. The van der Waals surface area contributed by atoms with Gasteiger partial charge in [0, 0.05) is 31.3 Å². The molecular weight excluding hydrogens is 495 g/mol. The fourth-order valence-corrected chi connectivity index (χ4v) is 4.00. The number of amides is 1. The highest BCUT2D eigenvalue weighted by Crippen LogP contribution is 2.19. The summed E-state index contributed by atoms with van der Waals surface area (Å²) in [7, 11) is 1.65. The number of benzene rings is 2. The molecule has 13 heteroatoms. The van der Waals surface area contributed by atoms with Crippen LogP contribution in [0.3, 0.4) is 0 Å². The highest BCUT2D eigenvalue weighted by Gasteiger charge is 2.15. The molecule has 0 saturated carbocycles. The van der Waals surface area contributed by atoms with E-state index in [1.54, 1.807) is 37.4 Å². The molecule has 0 saturated heterocycles. The number of hydrogen-bond acceptors (Lipinski definition) is 7. The van der Waals surface area contributed by atoms with Crippen LogP contribution in [0.25, 0.3) is 22.3 Å². The van der Waals surface area contributed by atoms with Crippen LogP contribution >= 0.6 is 0 Å². The van der Waals surface area contributed by atoms with Gasteiger partial charge in [-0.1, -0.05) is 12.1 Å². The van der Waals surface area contributed by atoms with Crippen LogP contribution in [0.2, 0.25) is 0 Å². The minimum absolute atomic E-state index is 0.0280. The average Bonchev–Trinajstić information content (AvgIpc) is 3.50. The maximum atomic E-state index is 13.2. The van der Waals surface area contributed by atoms with Gasteiger partial charge in [-0.15, -0.1) is 0 Å². The Labute approximate surface area is 214 Å². The number of nitrogens with one attached hydrogen (secondary N) is 1. The van der Waals surface area contributed by atoms with E-state index in [0.717, 1.165) is 0 Å². The molecule has 0 fully saturated rings. The Morgan fingerprint density at radius 2 is 1.87 bits per heavy atom. The first-order chi connectivity index (χ1) is 18.3. The Hall–Kier alpha value is -5.20. The molecule has 0 spiro atoms. The first-order valence-corrected chi connectivity index (χ1v) is 11.5. The molecule has 0 aliphatic rings. The van der Waals surface area contributed by atoms with Crippen molar-refractivity contribution in [2.75, 3.05) is 6.54 Å². The molecule has 3 heterocycles. The lowest BCUT2D eigenvalue weighted by Crippen LogP contribution is -2.29. The molecule has 0 bridgehead atoms. The molecule has 0 radical (unpaired) electrons. The number of halogens is 1.